The standard InChI is InChI=1S/C12H14N4OS2.ClH/c1-8(13)10(17)14-11-15-16-12(19-11)18-7-9-5-3-2-4-6-9;/h2-6,8H,7,13H2,1H3,(H,14,15,17);1H/t8-;/m1./s1. The quantitative estimate of drug-likeness (QED) is 0.650. The molecule has 2 aromatic rings. The van der Waals surface area contributed by atoms with Gasteiger partial charge in [-0.05, 0) is 12.5 Å². The van der Waals surface area contributed by atoms with Crippen LogP contribution in [0.2, 0.25) is 0 Å². The zero-order valence-electron chi connectivity index (χ0n) is 10.8. The van der Waals surface area contributed by atoms with Crippen LogP contribution in [0.25, 0.3) is 0 Å². The highest BCUT2D eigenvalue weighted by Gasteiger charge is 2.11. The fourth-order valence-corrected chi connectivity index (χ4v) is 2.97. The van der Waals surface area contributed by atoms with Gasteiger partial charge >= 0.3 is 0 Å². The number of nitrogens with zero attached hydrogens (tertiary/aromatic N) is 2. The Bertz CT molecular complexity index is 547. The van der Waals surface area contributed by atoms with E-state index in [4.69, 9.17) is 5.73 Å². The Morgan fingerprint density at radius 3 is 2.75 bits per heavy atom. The van der Waals surface area contributed by atoms with Crippen LogP contribution < -0.4 is 11.1 Å². The molecule has 1 aromatic heterocycles. The lowest BCUT2D eigenvalue weighted by atomic mass is 10.2. The highest BCUT2D eigenvalue weighted by atomic mass is 35.5. The summed E-state index contributed by atoms with van der Waals surface area (Å²) in [7, 11) is 0. The number of carbonyl (C=O) groups excluding carboxylic acids is 1. The van der Waals surface area contributed by atoms with E-state index in [0.29, 0.717) is 5.13 Å². The molecule has 0 saturated heterocycles. The molecule has 2 rings (SSSR count). The summed E-state index contributed by atoms with van der Waals surface area (Å²) in [6.07, 6.45) is 0. The van der Waals surface area contributed by atoms with Crippen LogP contribution in [0, 0.1) is 0 Å². The lowest BCUT2D eigenvalue weighted by molar-refractivity contribution is -0.117. The molecule has 1 aromatic carbocycles. The molecular formula is C12H15ClN4OS2. The largest absolute Gasteiger partial charge is 0.320 e. The SMILES string of the molecule is C[C@@H](N)C(=O)Nc1nnc(SCc2ccccc2)s1.Cl. The highest BCUT2D eigenvalue weighted by Crippen LogP contribution is 2.28. The normalized spacial score (nSPS) is 11.5. The molecule has 0 unspecified atom stereocenters. The third-order valence-corrected chi connectivity index (χ3v) is 4.30. The van der Waals surface area contributed by atoms with Crippen LogP contribution in [0.15, 0.2) is 34.7 Å². The van der Waals surface area contributed by atoms with Gasteiger partial charge < -0.3 is 5.73 Å². The number of hydrogen-bond acceptors (Lipinski definition) is 6. The molecule has 0 fully saturated rings. The van der Waals surface area contributed by atoms with Crippen LogP contribution in [0.4, 0.5) is 5.13 Å². The molecule has 0 aliphatic carbocycles. The first-order valence-corrected chi connectivity index (χ1v) is 7.52. The zero-order chi connectivity index (χ0) is 13.7. The Kier molecular flexibility index (Phi) is 6.94. The van der Waals surface area contributed by atoms with Gasteiger partial charge in [-0.3, -0.25) is 10.1 Å². The minimum absolute atomic E-state index is 0. The summed E-state index contributed by atoms with van der Waals surface area (Å²) in [6, 6.07) is 9.57. The Morgan fingerprint density at radius 2 is 2.10 bits per heavy atom. The van der Waals surface area contributed by atoms with E-state index in [1.807, 2.05) is 18.2 Å². The van der Waals surface area contributed by atoms with Crippen LogP contribution in [0.1, 0.15) is 12.5 Å². The van der Waals surface area contributed by atoms with Gasteiger partial charge in [-0.15, -0.1) is 22.6 Å². The monoisotopic (exact) mass is 330 g/mol. The van der Waals surface area contributed by atoms with E-state index < -0.39 is 6.04 Å². The van der Waals surface area contributed by atoms with Gasteiger partial charge in [-0.25, -0.2) is 0 Å². The maximum atomic E-state index is 11.4. The van der Waals surface area contributed by atoms with Crippen molar-refractivity contribution in [1.82, 2.24) is 10.2 Å². The van der Waals surface area contributed by atoms with E-state index in [-0.39, 0.29) is 18.3 Å². The van der Waals surface area contributed by atoms with E-state index in [9.17, 15) is 4.79 Å². The van der Waals surface area contributed by atoms with E-state index in [1.165, 1.54) is 16.9 Å². The van der Waals surface area contributed by atoms with Crippen LogP contribution >= 0.6 is 35.5 Å². The third kappa shape index (κ3) is 5.09. The molecule has 20 heavy (non-hydrogen) atoms. The molecule has 3 N–H and O–H groups in total. The molecular weight excluding hydrogens is 316 g/mol. The first-order valence-electron chi connectivity index (χ1n) is 5.72. The van der Waals surface area contributed by atoms with Crippen molar-refractivity contribution in [2.75, 3.05) is 5.32 Å². The number of rotatable bonds is 5. The molecule has 1 atom stereocenters. The number of carbonyl (C=O) groups is 1. The number of nitrogens with two attached hydrogens (primary N) is 1. The summed E-state index contributed by atoms with van der Waals surface area (Å²) in [5.74, 6) is 0.576. The molecule has 108 valence electrons. The Labute approximate surface area is 131 Å². The molecule has 0 aliphatic rings. The second kappa shape index (κ2) is 8.21. The maximum absolute atomic E-state index is 11.4. The van der Waals surface area contributed by atoms with Crippen LogP contribution in [0.5, 0.6) is 0 Å². The van der Waals surface area contributed by atoms with Crippen molar-refractivity contribution in [2.24, 2.45) is 5.73 Å². The second-order valence-corrected chi connectivity index (χ2v) is 6.13. The molecule has 5 nitrogen and oxygen atoms in total. The summed E-state index contributed by atoms with van der Waals surface area (Å²) in [5.41, 5.74) is 6.69. The van der Waals surface area contributed by atoms with Crippen molar-refractivity contribution >= 4 is 46.5 Å². The molecule has 0 spiro atoms. The molecule has 0 aliphatic heterocycles. The fraction of sp³-hybridized carbons (Fsp3) is 0.250. The number of benzene rings is 1. The summed E-state index contributed by atoms with van der Waals surface area (Å²) in [5, 5.41) is 11.0. The van der Waals surface area contributed by atoms with Crippen molar-refractivity contribution in [3.8, 4) is 0 Å². The predicted octanol–water partition coefficient (Wildman–Crippen LogP) is 2.54. The maximum Gasteiger partial charge on any atom is 0.242 e. The van der Waals surface area contributed by atoms with Gasteiger partial charge in [-0.1, -0.05) is 53.4 Å². The average Bonchev–Trinajstić information content (AvgIpc) is 2.85. The van der Waals surface area contributed by atoms with Crippen LogP contribution in [0.3, 0.4) is 0 Å². The Morgan fingerprint density at radius 1 is 1.40 bits per heavy atom. The zero-order valence-corrected chi connectivity index (χ0v) is 13.2. The van der Waals surface area contributed by atoms with E-state index in [0.717, 1.165) is 10.1 Å². The van der Waals surface area contributed by atoms with E-state index in [1.54, 1.807) is 18.7 Å². The number of amides is 1. The van der Waals surface area contributed by atoms with Gasteiger partial charge in [0.25, 0.3) is 0 Å². The summed E-state index contributed by atoms with van der Waals surface area (Å²) in [4.78, 5) is 11.4. The Hall–Kier alpha value is -1.15. The van der Waals surface area contributed by atoms with Gasteiger partial charge in [0.05, 0.1) is 6.04 Å². The minimum Gasteiger partial charge on any atom is -0.320 e. The molecule has 0 radical (unpaired) electrons. The third-order valence-electron chi connectivity index (χ3n) is 2.26. The lowest BCUT2D eigenvalue weighted by Gasteiger charge is -2.02. The number of halogens is 1. The van der Waals surface area contributed by atoms with Gasteiger partial charge in [-0.2, -0.15) is 0 Å². The summed E-state index contributed by atoms with van der Waals surface area (Å²) >= 11 is 2.94. The van der Waals surface area contributed by atoms with Gasteiger partial charge in [0.2, 0.25) is 11.0 Å². The number of anilines is 1. The summed E-state index contributed by atoms with van der Waals surface area (Å²) in [6.45, 7) is 1.63. The van der Waals surface area contributed by atoms with Crippen LogP contribution in [-0.2, 0) is 10.5 Å². The highest BCUT2D eigenvalue weighted by molar-refractivity contribution is 8.00. The van der Waals surface area contributed by atoms with Gasteiger partial charge in [0.1, 0.15) is 0 Å². The molecule has 0 saturated carbocycles. The van der Waals surface area contributed by atoms with Crippen molar-refractivity contribution in [3.63, 3.8) is 0 Å². The minimum atomic E-state index is -0.552. The van der Waals surface area contributed by atoms with Gasteiger partial charge in [0, 0.05) is 5.75 Å². The molecule has 8 heteroatoms. The topological polar surface area (TPSA) is 80.9 Å². The molecule has 1 amide bonds. The van der Waals surface area contributed by atoms with Crippen LogP contribution in [-0.4, -0.2) is 22.1 Å². The first kappa shape index (κ1) is 16.9. The number of hydrogen-bond donors (Lipinski definition) is 2. The van der Waals surface area contributed by atoms with Crippen molar-refractivity contribution in [2.45, 2.75) is 23.1 Å². The number of nitrogens with one attached hydrogen (secondary N) is 1. The lowest BCUT2D eigenvalue weighted by Crippen LogP contribution is -2.32. The fourth-order valence-electron chi connectivity index (χ4n) is 1.26. The van der Waals surface area contributed by atoms with E-state index >= 15 is 0 Å². The Balaban J connectivity index is 0.00000200. The number of thioether (sulfide) groups is 1. The molecule has 1 heterocycles. The van der Waals surface area contributed by atoms with Gasteiger partial charge in [0.15, 0.2) is 4.34 Å². The van der Waals surface area contributed by atoms with Crippen molar-refractivity contribution < 1.29 is 4.79 Å². The second-order valence-electron chi connectivity index (χ2n) is 3.93. The predicted molar refractivity (Wildman–Crippen MR) is 85.4 cm³/mol. The number of aromatic nitrogens is 2. The molecule has 0 bridgehead atoms. The van der Waals surface area contributed by atoms with Crippen molar-refractivity contribution in [1.29, 1.82) is 0 Å². The van der Waals surface area contributed by atoms with Crippen molar-refractivity contribution in [3.05, 3.63) is 35.9 Å². The van der Waals surface area contributed by atoms with E-state index in [2.05, 4.69) is 27.6 Å². The first-order chi connectivity index (χ1) is 9.15. The average molecular weight is 331 g/mol. The smallest absolute Gasteiger partial charge is 0.242 e. The summed E-state index contributed by atoms with van der Waals surface area (Å²) < 4.78 is 0.823.